The van der Waals surface area contributed by atoms with Gasteiger partial charge in [0.1, 0.15) is 5.52 Å². The lowest BCUT2D eigenvalue weighted by molar-refractivity contribution is 0.654. The van der Waals surface area contributed by atoms with Crippen molar-refractivity contribution in [2.24, 2.45) is 0 Å². The van der Waals surface area contributed by atoms with Gasteiger partial charge < -0.3 is 9.80 Å². The predicted molar refractivity (Wildman–Crippen MR) is 95.4 cm³/mol. The molecule has 2 heterocycles. The third-order valence-electron chi connectivity index (χ3n) is 4.34. The summed E-state index contributed by atoms with van der Waals surface area (Å²) in [5.41, 5.74) is 3.18. The van der Waals surface area contributed by atoms with E-state index >= 15 is 0 Å². The van der Waals surface area contributed by atoms with Crippen molar-refractivity contribution in [3.8, 4) is 0 Å². The largest absolute Gasteiger partial charge is 0.368 e. The molecular formula is C18H17ClN4. The lowest BCUT2D eigenvalue weighted by Gasteiger charge is -2.37. The molecule has 0 atom stereocenters. The molecule has 116 valence electrons. The van der Waals surface area contributed by atoms with Gasteiger partial charge in [0.25, 0.3) is 0 Å². The Balaban J connectivity index is 1.58. The van der Waals surface area contributed by atoms with Crippen LogP contribution in [0.1, 0.15) is 0 Å². The molecule has 1 aromatic heterocycles. The van der Waals surface area contributed by atoms with Crippen LogP contribution in [0.15, 0.2) is 54.7 Å². The molecule has 0 radical (unpaired) electrons. The lowest BCUT2D eigenvalue weighted by atomic mass is 10.1. The molecule has 0 unspecified atom stereocenters. The summed E-state index contributed by atoms with van der Waals surface area (Å²) in [7, 11) is 0. The highest BCUT2D eigenvalue weighted by Crippen LogP contribution is 2.29. The van der Waals surface area contributed by atoms with Crippen LogP contribution in [0.3, 0.4) is 0 Å². The van der Waals surface area contributed by atoms with Gasteiger partial charge in [-0.1, -0.05) is 41.9 Å². The standard InChI is InChI=1S/C18H17ClN4/c19-16-8-4-7-15-17(13-20-21-18(15)16)23-11-9-22(10-12-23)14-5-2-1-3-6-14/h1-8,13H,9-12H2. The van der Waals surface area contributed by atoms with E-state index in [0.717, 1.165) is 42.8 Å². The zero-order chi connectivity index (χ0) is 15.6. The first-order valence-electron chi connectivity index (χ1n) is 7.78. The first kappa shape index (κ1) is 14.3. The summed E-state index contributed by atoms with van der Waals surface area (Å²) in [5, 5.41) is 10.0. The molecule has 1 saturated heterocycles. The van der Waals surface area contributed by atoms with Crippen molar-refractivity contribution in [1.82, 2.24) is 10.2 Å². The smallest absolute Gasteiger partial charge is 0.114 e. The summed E-state index contributed by atoms with van der Waals surface area (Å²) >= 11 is 6.24. The molecule has 1 fully saturated rings. The van der Waals surface area contributed by atoms with Gasteiger partial charge >= 0.3 is 0 Å². The van der Waals surface area contributed by atoms with Gasteiger partial charge in [0, 0.05) is 37.3 Å². The Hall–Kier alpha value is -2.33. The number of rotatable bonds is 2. The molecule has 0 N–H and O–H groups in total. The number of hydrogen-bond acceptors (Lipinski definition) is 4. The van der Waals surface area contributed by atoms with Gasteiger partial charge in [-0.15, -0.1) is 5.10 Å². The van der Waals surface area contributed by atoms with Crippen molar-refractivity contribution in [3.05, 3.63) is 59.8 Å². The van der Waals surface area contributed by atoms with E-state index in [1.165, 1.54) is 5.69 Å². The second-order valence-corrected chi connectivity index (χ2v) is 6.08. The zero-order valence-corrected chi connectivity index (χ0v) is 13.4. The van der Waals surface area contributed by atoms with Crippen molar-refractivity contribution in [2.45, 2.75) is 0 Å². The Morgan fingerprint density at radius 2 is 1.57 bits per heavy atom. The van der Waals surface area contributed by atoms with E-state index < -0.39 is 0 Å². The summed E-state index contributed by atoms with van der Waals surface area (Å²) in [6, 6.07) is 16.4. The van der Waals surface area contributed by atoms with Crippen molar-refractivity contribution in [1.29, 1.82) is 0 Å². The molecule has 1 aliphatic heterocycles. The molecule has 1 aliphatic rings. The number of para-hydroxylation sites is 1. The number of halogens is 1. The SMILES string of the molecule is Clc1cccc2c(N3CCN(c4ccccc4)CC3)cnnc12. The van der Waals surface area contributed by atoms with Crippen molar-refractivity contribution < 1.29 is 0 Å². The minimum Gasteiger partial charge on any atom is -0.368 e. The van der Waals surface area contributed by atoms with Crippen molar-refractivity contribution >= 4 is 33.9 Å². The van der Waals surface area contributed by atoms with Crippen LogP contribution in [-0.4, -0.2) is 36.4 Å². The van der Waals surface area contributed by atoms with Gasteiger partial charge in [-0.2, -0.15) is 5.10 Å². The molecule has 3 aromatic rings. The summed E-state index contributed by atoms with van der Waals surface area (Å²) in [4.78, 5) is 4.78. The molecule has 0 saturated carbocycles. The van der Waals surface area contributed by atoms with E-state index in [1.54, 1.807) is 0 Å². The normalized spacial score (nSPS) is 15.2. The van der Waals surface area contributed by atoms with Gasteiger partial charge in [-0.3, -0.25) is 0 Å². The maximum absolute atomic E-state index is 6.24. The number of hydrogen-bond donors (Lipinski definition) is 0. The quantitative estimate of drug-likeness (QED) is 0.721. The van der Waals surface area contributed by atoms with Gasteiger partial charge in [-0.05, 0) is 18.2 Å². The number of piperazine rings is 1. The highest BCUT2D eigenvalue weighted by Gasteiger charge is 2.19. The summed E-state index contributed by atoms with van der Waals surface area (Å²) < 4.78 is 0. The molecule has 4 rings (SSSR count). The number of fused-ring (bicyclic) bond motifs is 1. The van der Waals surface area contributed by atoms with E-state index in [1.807, 2.05) is 18.3 Å². The third-order valence-corrected chi connectivity index (χ3v) is 4.65. The Labute approximate surface area is 140 Å². The van der Waals surface area contributed by atoms with Crippen LogP contribution in [0.5, 0.6) is 0 Å². The number of nitrogens with zero attached hydrogens (tertiary/aromatic N) is 4. The zero-order valence-electron chi connectivity index (χ0n) is 12.7. The maximum Gasteiger partial charge on any atom is 0.114 e. The molecular weight excluding hydrogens is 308 g/mol. The van der Waals surface area contributed by atoms with E-state index in [2.05, 4.69) is 56.4 Å². The monoisotopic (exact) mass is 324 g/mol. The molecule has 0 spiro atoms. The number of benzene rings is 2. The lowest BCUT2D eigenvalue weighted by Crippen LogP contribution is -2.46. The van der Waals surface area contributed by atoms with E-state index in [0.29, 0.717) is 5.02 Å². The number of anilines is 2. The molecule has 23 heavy (non-hydrogen) atoms. The van der Waals surface area contributed by atoms with Crippen molar-refractivity contribution in [2.75, 3.05) is 36.0 Å². The highest BCUT2D eigenvalue weighted by molar-refractivity contribution is 6.35. The molecule has 4 nitrogen and oxygen atoms in total. The maximum atomic E-state index is 6.24. The Bertz CT molecular complexity index is 814. The van der Waals surface area contributed by atoms with Gasteiger partial charge in [0.15, 0.2) is 0 Å². The Kier molecular flexibility index (Phi) is 3.75. The second kappa shape index (κ2) is 6.05. The van der Waals surface area contributed by atoms with Gasteiger partial charge in [-0.25, -0.2) is 0 Å². The highest BCUT2D eigenvalue weighted by atomic mass is 35.5. The van der Waals surface area contributed by atoms with Crippen LogP contribution in [-0.2, 0) is 0 Å². The van der Waals surface area contributed by atoms with Crippen LogP contribution in [0.2, 0.25) is 5.02 Å². The predicted octanol–water partition coefficient (Wildman–Crippen LogP) is 3.61. The first-order chi connectivity index (χ1) is 11.3. The summed E-state index contributed by atoms with van der Waals surface area (Å²) in [6.07, 6.45) is 1.84. The molecule has 5 heteroatoms. The average molecular weight is 325 g/mol. The Morgan fingerprint density at radius 1 is 0.826 bits per heavy atom. The Morgan fingerprint density at radius 3 is 2.35 bits per heavy atom. The second-order valence-electron chi connectivity index (χ2n) is 5.68. The summed E-state index contributed by atoms with van der Waals surface area (Å²) in [6.45, 7) is 3.91. The molecule has 0 amide bonds. The van der Waals surface area contributed by atoms with Crippen LogP contribution in [0.4, 0.5) is 11.4 Å². The molecule has 0 aliphatic carbocycles. The fourth-order valence-corrected chi connectivity index (χ4v) is 3.34. The minimum absolute atomic E-state index is 0.653. The summed E-state index contributed by atoms with van der Waals surface area (Å²) in [5.74, 6) is 0. The third kappa shape index (κ3) is 2.70. The van der Waals surface area contributed by atoms with Crippen LogP contribution in [0.25, 0.3) is 10.9 Å². The fraction of sp³-hybridized carbons (Fsp3) is 0.222. The molecule has 0 bridgehead atoms. The number of aromatic nitrogens is 2. The minimum atomic E-state index is 0.653. The average Bonchev–Trinajstić information content (AvgIpc) is 2.63. The topological polar surface area (TPSA) is 32.3 Å². The van der Waals surface area contributed by atoms with E-state index in [9.17, 15) is 0 Å². The van der Waals surface area contributed by atoms with Crippen molar-refractivity contribution in [3.63, 3.8) is 0 Å². The van der Waals surface area contributed by atoms with E-state index in [-0.39, 0.29) is 0 Å². The van der Waals surface area contributed by atoms with Crippen LogP contribution < -0.4 is 9.80 Å². The van der Waals surface area contributed by atoms with Crippen LogP contribution >= 0.6 is 11.6 Å². The van der Waals surface area contributed by atoms with Gasteiger partial charge in [0.2, 0.25) is 0 Å². The van der Waals surface area contributed by atoms with Crippen LogP contribution in [0, 0.1) is 0 Å². The molecule has 2 aromatic carbocycles. The first-order valence-corrected chi connectivity index (χ1v) is 8.15. The van der Waals surface area contributed by atoms with E-state index in [4.69, 9.17) is 11.6 Å². The van der Waals surface area contributed by atoms with Gasteiger partial charge in [0.05, 0.1) is 16.9 Å². The fourth-order valence-electron chi connectivity index (χ4n) is 3.13.